The minimum absolute atomic E-state index is 0.0702. The van der Waals surface area contributed by atoms with Crippen LogP contribution in [-0.2, 0) is 12.4 Å². The largest absolute Gasteiger partial charge is 0.416 e. The lowest BCUT2D eigenvalue weighted by Crippen LogP contribution is -2.11. The van der Waals surface area contributed by atoms with Crippen molar-refractivity contribution in [1.82, 2.24) is 19.5 Å². The second-order valence-corrected chi connectivity index (χ2v) is 14.0. The third-order valence-corrected chi connectivity index (χ3v) is 10.2. The van der Waals surface area contributed by atoms with E-state index in [2.05, 4.69) is 12.1 Å². The lowest BCUT2D eigenvalue weighted by atomic mass is 9.94. The fraction of sp³-hybridized carbons (Fsp3) is 0.0625. The Morgan fingerprint density at radius 2 is 0.948 bits per heavy atom. The molecule has 2 heterocycles. The van der Waals surface area contributed by atoms with Crippen LogP contribution in [0.3, 0.4) is 0 Å². The first-order valence-corrected chi connectivity index (χ1v) is 18.3. The molecule has 0 amide bonds. The van der Waals surface area contributed by atoms with Crippen molar-refractivity contribution in [2.24, 2.45) is 0 Å². The summed E-state index contributed by atoms with van der Waals surface area (Å²) in [7, 11) is 0. The highest BCUT2D eigenvalue weighted by molar-refractivity contribution is 6.10. The van der Waals surface area contributed by atoms with Crippen molar-refractivity contribution in [1.29, 1.82) is 0 Å². The molecule has 58 heavy (non-hydrogen) atoms. The zero-order valence-corrected chi connectivity index (χ0v) is 30.6. The maximum Gasteiger partial charge on any atom is 0.416 e. The van der Waals surface area contributed by atoms with Crippen LogP contribution in [0.4, 0.5) is 26.3 Å². The second kappa shape index (κ2) is 14.1. The number of hydrogen-bond acceptors (Lipinski definition) is 3. The smallest absolute Gasteiger partial charge is 0.309 e. The first-order valence-electron chi connectivity index (χ1n) is 18.3. The maximum absolute atomic E-state index is 14.4. The van der Waals surface area contributed by atoms with E-state index in [1.807, 2.05) is 127 Å². The van der Waals surface area contributed by atoms with Gasteiger partial charge in [-0.1, -0.05) is 109 Å². The molecular weight excluding hydrogens is 747 g/mol. The van der Waals surface area contributed by atoms with Gasteiger partial charge >= 0.3 is 12.4 Å². The van der Waals surface area contributed by atoms with Crippen LogP contribution in [-0.4, -0.2) is 19.5 Å². The van der Waals surface area contributed by atoms with Crippen LogP contribution >= 0.6 is 0 Å². The highest BCUT2D eigenvalue weighted by Crippen LogP contribution is 2.43. The lowest BCUT2D eigenvalue weighted by molar-refractivity contribution is -0.143. The molecule has 9 rings (SSSR count). The molecule has 0 radical (unpaired) electrons. The van der Waals surface area contributed by atoms with Gasteiger partial charge in [0.15, 0.2) is 17.5 Å². The van der Waals surface area contributed by atoms with Crippen LogP contribution in [0.5, 0.6) is 0 Å². The standard InChI is InChI=1S/C48H30F6N4/c1-29-12-8-9-17-37(29)32-20-23-43-41(26-32)38-18-10-11-19-42(38)58(43)36-21-22-39(40(28-36)33-24-34(47(49,50)51)27-35(25-33)48(52,53)54)46-56-44(30-13-4-2-5-14-30)55-45(57-46)31-15-6-3-7-16-31/h2-28H,1H3. The third kappa shape index (κ3) is 6.76. The van der Waals surface area contributed by atoms with Crippen molar-refractivity contribution in [2.75, 3.05) is 0 Å². The van der Waals surface area contributed by atoms with E-state index in [4.69, 9.17) is 15.0 Å². The molecule has 9 aromatic rings. The molecule has 0 aliphatic heterocycles. The Morgan fingerprint density at radius 1 is 0.397 bits per heavy atom. The van der Waals surface area contributed by atoms with Gasteiger partial charge in [-0.2, -0.15) is 26.3 Å². The van der Waals surface area contributed by atoms with Gasteiger partial charge in [-0.15, -0.1) is 0 Å². The van der Waals surface area contributed by atoms with Crippen LogP contribution in [0, 0.1) is 6.92 Å². The van der Waals surface area contributed by atoms with Gasteiger partial charge in [-0.05, 0) is 89.3 Å². The number of aromatic nitrogens is 4. The molecule has 0 saturated heterocycles. The Labute approximate surface area is 328 Å². The molecule has 284 valence electrons. The zero-order chi connectivity index (χ0) is 40.2. The Morgan fingerprint density at radius 3 is 1.57 bits per heavy atom. The molecule has 0 aliphatic rings. The molecule has 0 saturated carbocycles. The van der Waals surface area contributed by atoms with Gasteiger partial charge in [-0.25, -0.2) is 15.0 Å². The Balaban J connectivity index is 1.33. The molecule has 0 N–H and O–H groups in total. The minimum Gasteiger partial charge on any atom is -0.309 e. The van der Waals surface area contributed by atoms with Crippen molar-refractivity contribution in [3.8, 4) is 62.1 Å². The molecule has 7 aromatic carbocycles. The first-order chi connectivity index (χ1) is 27.9. The van der Waals surface area contributed by atoms with Crippen LogP contribution < -0.4 is 0 Å². The van der Waals surface area contributed by atoms with Gasteiger partial charge in [0, 0.05) is 33.2 Å². The summed E-state index contributed by atoms with van der Waals surface area (Å²) in [5, 5.41) is 1.85. The Hall–Kier alpha value is -7.07. The molecule has 0 spiro atoms. The average molecular weight is 777 g/mol. The van der Waals surface area contributed by atoms with Crippen molar-refractivity contribution < 1.29 is 26.3 Å². The van der Waals surface area contributed by atoms with Crippen molar-refractivity contribution in [2.45, 2.75) is 19.3 Å². The van der Waals surface area contributed by atoms with E-state index < -0.39 is 23.5 Å². The summed E-state index contributed by atoms with van der Waals surface area (Å²) < 4.78 is 88.3. The van der Waals surface area contributed by atoms with E-state index in [1.165, 1.54) is 0 Å². The monoisotopic (exact) mass is 776 g/mol. The van der Waals surface area contributed by atoms with Crippen LogP contribution in [0.2, 0.25) is 0 Å². The van der Waals surface area contributed by atoms with E-state index in [-0.39, 0.29) is 40.2 Å². The summed E-state index contributed by atoms with van der Waals surface area (Å²) in [6.45, 7) is 2.04. The normalized spacial score (nSPS) is 12.1. The molecule has 0 bridgehead atoms. The highest BCUT2D eigenvalue weighted by atomic mass is 19.4. The van der Waals surface area contributed by atoms with E-state index >= 15 is 0 Å². The summed E-state index contributed by atoms with van der Waals surface area (Å²) >= 11 is 0. The number of nitrogens with zero attached hydrogens (tertiary/aromatic N) is 4. The fourth-order valence-electron chi connectivity index (χ4n) is 7.46. The molecular formula is C48H30F6N4. The average Bonchev–Trinajstić information content (AvgIpc) is 3.57. The van der Waals surface area contributed by atoms with Crippen LogP contribution in [0.1, 0.15) is 16.7 Å². The van der Waals surface area contributed by atoms with Gasteiger partial charge in [-0.3, -0.25) is 0 Å². The predicted molar refractivity (Wildman–Crippen MR) is 216 cm³/mol. The van der Waals surface area contributed by atoms with Crippen LogP contribution in [0.25, 0.3) is 83.9 Å². The summed E-state index contributed by atoms with van der Waals surface area (Å²) in [4.78, 5) is 14.3. The SMILES string of the molecule is Cc1ccccc1-c1ccc2c(c1)c1ccccc1n2-c1ccc(-c2nc(-c3ccccc3)nc(-c3ccccc3)n2)c(-c2cc(C(F)(F)F)cc(C(F)(F)F)c2)c1. The van der Waals surface area contributed by atoms with E-state index in [9.17, 15) is 26.3 Å². The van der Waals surface area contributed by atoms with Gasteiger partial charge in [0.05, 0.1) is 22.2 Å². The summed E-state index contributed by atoms with van der Waals surface area (Å²) in [6.07, 6.45) is -10.1. The molecule has 0 atom stereocenters. The Bertz CT molecular complexity index is 2900. The van der Waals surface area contributed by atoms with Gasteiger partial charge in [0.25, 0.3) is 0 Å². The van der Waals surface area contributed by atoms with Crippen LogP contribution in [0.15, 0.2) is 164 Å². The molecule has 0 aliphatic carbocycles. The lowest BCUT2D eigenvalue weighted by Gasteiger charge is -2.18. The quantitative estimate of drug-likeness (QED) is 0.158. The first kappa shape index (κ1) is 36.6. The predicted octanol–water partition coefficient (Wildman–Crippen LogP) is 13.6. The topological polar surface area (TPSA) is 43.6 Å². The summed E-state index contributed by atoms with van der Waals surface area (Å²) in [6, 6.07) is 46.8. The second-order valence-electron chi connectivity index (χ2n) is 14.0. The maximum atomic E-state index is 14.4. The van der Waals surface area contributed by atoms with E-state index in [1.54, 1.807) is 18.2 Å². The van der Waals surface area contributed by atoms with Gasteiger partial charge in [0.1, 0.15) is 0 Å². The fourth-order valence-corrected chi connectivity index (χ4v) is 7.46. The summed E-state index contributed by atoms with van der Waals surface area (Å²) in [5.41, 5.74) is 3.72. The number of para-hydroxylation sites is 1. The number of rotatable bonds is 6. The molecule has 0 unspecified atom stereocenters. The zero-order valence-electron chi connectivity index (χ0n) is 30.6. The summed E-state index contributed by atoms with van der Waals surface area (Å²) in [5.74, 6) is 0.642. The number of halogens is 6. The number of aryl methyl sites for hydroxylation is 1. The molecule has 4 nitrogen and oxygen atoms in total. The van der Waals surface area contributed by atoms with E-state index in [0.29, 0.717) is 16.8 Å². The van der Waals surface area contributed by atoms with E-state index in [0.717, 1.165) is 50.6 Å². The van der Waals surface area contributed by atoms with Crippen molar-refractivity contribution in [3.05, 3.63) is 180 Å². The molecule has 10 heteroatoms. The molecule has 0 fully saturated rings. The minimum atomic E-state index is -5.07. The van der Waals surface area contributed by atoms with Gasteiger partial charge in [0.2, 0.25) is 0 Å². The number of alkyl halides is 6. The van der Waals surface area contributed by atoms with Crippen molar-refractivity contribution in [3.63, 3.8) is 0 Å². The third-order valence-electron chi connectivity index (χ3n) is 10.2. The van der Waals surface area contributed by atoms with Gasteiger partial charge < -0.3 is 4.57 Å². The Kier molecular flexibility index (Phi) is 8.92. The number of hydrogen-bond donors (Lipinski definition) is 0. The van der Waals surface area contributed by atoms with Crippen molar-refractivity contribution >= 4 is 21.8 Å². The number of fused-ring (bicyclic) bond motifs is 3. The number of benzene rings is 7. The highest BCUT2D eigenvalue weighted by Gasteiger charge is 2.37. The molecule has 2 aromatic heterocycles.